The number of fused-ring (bicyclic) bond motifs is 3. The summed E-state index contributed by atoms with van der Waals surface area (Å²) in [6, 6.07) is 8.82. The molecule has 3 heterocycles. The maximum atomic E-state index is 8.60. The largest absolute Gasteiger partial charge is 0.394 e. The molecule has 0 spiro atoms. The molecule has 0 unspecified atom stereocenters. The van der Waals surface area contributed by atoms with E-state index in [0.29, 0.717) is 59.5 Å². The highest BCUT2D eigenvalue weighted by Crippen LogP contribution is 2.31. The number of aliphatic hydroxyl groups is 1. The number of aryl methyl sites for hydroxylation is 1. The lowest BCUT2D eigenvalue weighted by Gasteiger charge is -2.33. The van der Waals surface area contributed by atoms with Crippen LogP contribution in [0.1, 0.15) is 12.8 Å². The topological polar surface area (TPSA) is 87.4 Å². The van der Waals surface area contributed by atoms with Crippen LogP contribution in [-0.2, 0) is 30.7 Å². The Morgan fingerprint density at radius 1 is 0.806 bits per heavy atom. The average Bonchev–Trinajstić information content (AvgIpc) is 3.20. The standard InChI is InChI=1S/C27H39N3O6/c1-29-26-4-7-28-21-25(26)24-3-2-22(20-27(24)29)30-8-5-23(6-9-30)36-19-18-35-17-16-34-15-14-33-13-12-32-11-10-31/h2-4,7,20-21,23,31H,5-6,8-19H2,1H3. The number of ether oxygens (including phenoxy) is 5. The van der Waals surface area contributed by atoms with Gasteiger partial charge in [-0.25, -0.2) is 0 Å². The van der Waals surface area contributed by atoms with Gasteiger partial charge in [0.2, 0.25) is 0 Å². The Hall–Kier alpha value is -2.27. The van der Waals surface area contributed by atoms with E-state index in [4.69, 9.17) is 28.8 Å². The number of rotatable bonds is 16. The first-order valence-corrected chi connectivity index (χ1v) is 12.9. The lowest BCUT2D eigenvalue weighted by molar-refractivity contribution is -0.0275. The smallest absolute Gasteiger partial charge is 0.0704 e. The molecule has 1 N–H and O–H groups in total. The van der Waals surface area contributed by atoms with Crippen LogP contribution in [0.2, 0.25) is 0 Å². The van der Waals surface area contributed by atoms with Crippen molar-refractivity contribution in [3.8, 4) is 0 Å². The molecule has 0 aliphatic carbocycles. The minimum absolute atomic E-state index is 0.0377. The maximum absolute atomic E-state index is 8.60. The lowest BCUT2D eigenvalue weighted by Crippen LogP contribution is -2.37. The summed E-state index contributed by atoms with van der Waals surface area (Å²) in [7, 11) is 2.12. The first kappa shape index (κ1) is 26.8. The Balaban J connectivity index is 1.06. The van der Waals surface area contributed by atoms with Crippen LogP contribution in [0, 0.1) is 0 Å². The monoisotopic (exact) mass is 501 g/mol. The fourth-order valence-corrected chi connectivity index (χ4v) is 4.62. The van der Waals surface area contributed by atoms with Crippen LogP contribution < -0.4 is 4.90 Å². The summed E-state index contributed by atoms with van der Waals surface area (Å²) in [6.45, 7) is 6.70. The van der Waals surface area contributed by atoms with Crippen molar-refractivity contribution in [3.05, 3.63) is 36.7 Å². The van der Waals surface area contributed by atoms with Gasteiger partial charge in [-0.05, 0) is 31.0 Å². The SMILES string of the molecule is Cn1c2ccncc2c2ccc(N3CCC(OCCOCCOCCOCCOCCO)CC3)cc21. The van der Waals surface area contributed by atoms with Crippen LogP contribution in [0.25, 0.3) is 21.8 Å². The number of anilines is 1. The van der Waals surface area contributed by atoms with E-state index in [1.807, 2.05) is 12.4 Å². The summed E-state index contributed by atoms with van der Waals surface area (Å²) < 4.78 is 29.9. The number of pyridine rings is 1. The van der Waals surface area contributed by atoms with Crippen molar-refractivity contribution in [3.63, 3.8) is 0 Å². The Morgan fingerprint density at radius 2 is 1.44 bits per heavy atom. The molecule has 9 nitrogen and oxygen atoms in total. The molecule has 9 heteroatoms. The molecule has 0 radical (unpaired) electrons. The van der Waals surface area contributed by atoms with E-state index in [2.05, 4.69) is 45.8 Å². The summed E-state index contributed by atoms with van der Waals surface area (Å²) >= 11 is 0. The van der Waals surface area contributed by atoms with Gasteiger partial charge in [-0.15, -0.1) is 0 Å². The number of aromatic nitrogens is 2. The van der Waals surface area contributed by atoms with Crippen molar-refractivity contribution in [2.75, 3.05) is 84.1 Å². The first-order valence-electron chi connectivity index (χ1n) is 12.9. The fraction of sp³-hybridized carbons (Fsp3) is 0.593. The second-order valence-electron chi connectivity index (χ2n) is 8.88. The van der Waals surface area contributed by atoms with Crippen LogP contribution in [0.3, 0.4) is 0 Å². The van der Waals surface area contributed by atoms with Crippen LogP contribution in [-0.4, -0.2) is 99.9 Å². The molecule has 3 aromatic rings. The highest BCUT2D eigenvalue weighted by atomic mass is 16.6. The van der Waals surface area contributed by atoms with Crippen LogP contribution in [0.4, 0.5) is 5.69 Å². The first-order chi connectivity index (χ1) is 17.8. The van der Waals surface area contributed by atoms with E-state index in [-0.39, 0.29) is 12.7 Å². The number of aliphatic hydroxyl groups excluding tert-OH is 1. The summed E-state index contributed by atoms with van der Waals surface area (Å²) in [5.74, 6) is 0. The van der Waals surface area contributed by atoms with Crippen molar-refractivity contribution in [2.24, 2.45) is 7.05 Å². The Bertz CT molecular complexity index is 1050. The summed E-state index contributed by atoms with van der Waals surface area (Å²) in [5.41, 5.74) is 3.72. The summed E-state index contributed by atoms with van der Waals surface area (Å²) in [6.07, 6.45) is 6.13. The predicted octanol–water partition coefficient (Wildman–Crippen LogP) is 2.77. The highest BCUT2D eigenvalue weighted by molar-refractivity contribution is 6.08. The van der Waals surface area contributed by atoms with Crippen molar-refractivity contribution in [1.82, 2.24) is 9.55 Å². The molecule has 1 aliphatic heterocycles. The van der Waals surface area contributed by atoms with Gasteiger partial charge >= 0.3 is 0 Å². The lowest BCUT2D eigenvalue weighted by atomic mass is 10.1. The molecule has 198 valence electrons. The van der Waals surface area contributed by atoms with E-state index < -0.39 is 0 Å². The van der Waals surface area contributed by atoms with E-state index in [1.165, 1.54) is 27.5 Å². The molecule has 2 aromatic heterocycles. The molecule has 1 fully saturated rings. The minimum atomic E-state index is 0.0377. The van der Waals surface area contributed by atoms with Crippen LogP contribution in [0.5, 0.6) is 0 Å². The van der Waals surface area contributed by atoms with Gasteiger partial charge in [-0.1, -0.05) is 6.07 Å². The molecular weight excluding hydrogens is 462 g/mol. The van der Waals surface area contributed by atoms with Crippen molar-refractivity contribution >= 4 is 27.5 Å². The third-order valence-electron chi connectivity index (χ3n) is 6.53. The second-order valence-corrected chi connectivity index (χ2v) is 8.88. The zero-order valence-electron chi connectivity index (χ0n) is 21.3. The Morgan fingerprint density at radius 3 is 2.11 bits per heavy atom. The zero-order valence-corrected chi connectivity index (χ0v) is 21.3. The van der Waals surface area contributed by atoms with Gasteiger partial charge in [0.15, 0.2) is 0 Å². The zero-order chi connectivity index (χ0) is 25.0. The van der Waals surface area contributed by atoms with Gasteiger partial charge < -0.3 is 38.3 Å². The number of piperidine rings is 1. The molecular formula is C27H39N3O6. The molecule has 0 bridgehead atoms. The molecule has 36 heavy (non-hydrogen) atoms. The molecule has 1 saturated heterocycles. The summed E-state index contributed by atoms with van der Waals surface area (Å²) in [5, 5.41) is 11.1. The molecule has 0 atom stereocenters. The van der Waals surface area contributed by atoms with E-state index >= 15 is 0 Å². The fourth-order valence-electron chi connectivity index (χ4n) is 4.62. The van der Waals surface area contributed by atoms with Crippen molar-refractivity contribution in [2.45, 2.75) is 18.9 Å². The Kier molecular flexibility index (Phi) is 10.8. The molecule has 0 amide bonds. The van der Waals surface area contributed by atoms with Crippen molar-refractivity contribution in [1.29, 1.82) is 0 Å². The maximum Gasteiger partial charge on any atom is 0.0704 e. The van der Waals surface area contributed by atoms with Gasteiger partial charge in [0.1, 0.15) is 0 Å². The molecule has 0 saturated carbocycles. The van der Waals surface area contributed by atoms with Gasteiger partial charge in [0, 0.05) is 49.0 Å². The second kappa shape index (κ2) is 14.5. The third kappa shape index (κ3) is 7.38. The van der Waals surface area contributed by atoms with E-state index in [9.17, 15) is 0 Å². The third-order valence-corrected chi connectivity index (χ3v) is 6.53. The predicted molar refractivity (Wildman–Crippen MR) is 140 cm³/mol. The quantitative estimate of drug-likeness (QED) is 0.300. The highest BCUT2D eigenvalue weighted by Gasteiger charge is 2.20. The van der Waals surface area contributed by atoms with Crippen LogP contribution in [0.15, 0.2) is 36.7 Å². The van der Waals surface area contributed by atoms with Gasteiger partial charge in [0.25, 0.3) is 0 Å². The Labute approximate surface area is 212 Å². The van der Waals surface area contributed by atoms with Crippen LogP contribution >= 0.6 is 0 Å². The number of hydrogen-bond acceptors (Lipinski definition) is 8. The minimum Gasteiger partial charge on any atom is -0.394 e. The number of hydrogen-bond donors (Lipinski definition) is 1. The average molecular weight is 502 g/mol. The van der Waals surface area contributed by atoms with Gasteiger partial charge in [-0.2, -0.15) is 0 Å². The molecule has 4 rings (SSSR count). The number of benzene rings is 1. The summed E-state index contributed by atoms with van der Waals surface area (Å²) in [4.78, 5) is 6.75. The van der Waals surface area contributed by atoms with Crippen molar-refractivity contribution < 1.29 is 28.8 Å². The normalized spacial score (nSPS) is 14.9. The van der Waals surface area contributed by atoms with Gasteiger partial charge in [0.05, 0.1) is 83.2 Å². The number of nitrogens with zero attached hydrogens (tertiary/aromatic N) is 3. The van der Waals surface area contributed by atoms with E-state index in [1.54, 1.807) is 0 Å². The molecule has 1 aliphatic rings. The van der Waals surface area contributed by atoms with Gasteiger partial charge in [-0.3, -0.25) is 4.98 Å². The van der Waals surface area contributed by atoms with E-state index in [0.717, 1.165) is 25.9 Å². The molecule has 1 aromatic carbocycles.